The molecular formula is C11H19NO2. The van der Waals surface area contributed by atoms with E-state index in [1.165, 1.54) is 0 Å². The normalized spacial score (nSPS) is 13.0. The Morgan fingerprint density at radius 3 is 3.00 bits per heavy atom. The quantitative estimate of drug-likeness (QED) is 0.727. The van der Waals surface area contributed by atoms with E-state index in [0.29, 0.717) is 6.61 Å². The molecule has 0 aliphatic carbocycles. The topological polar surface area (TPSA) is 34.4 Å². The number of furan rings is 1. The molecular weight excluding hydrogens is 178 g/mol. The van der Waals surface area contributed by atoms with Crippen molar-refractivity contribution in [3.05, 3.63) is 24.2 Å². The van der Waals surface area contributed by atoms with E-state index < -0.39 is 0 Å². The molecule has 14 heavy (non-hydrogen) atoms. The predicted molar refractivity (Wildman–Crippen MR) is 56.1 cm³/mol. The highest BCUT2D eigenvalue weighted by Crippen LogP contribution is 2.07. The van der Waals surface area contributed by atoms with Crippen LogP contribution in [0.2, 0.25) is 0 Å². The largest absolute Gasteiger partial charge is 0.467 e. The zero-order valence-corrected chi connectivity index (χ0v) is 8.95. The molecule has 1 aromatic heterocycles. The van der Waals surface area contributed by atoms with Crippen molar-refractivity contribution in [2.45, 2.75) is 32.5 Å². The molecule has 0 fully saturated rings. The van der Waals surface area contributed by atoms with Gasteiger partial charge in [0.05, 0.1) is 12.4 Å². The van der Waals surface area contributed by atoms with Crippen LogP contribution in [0.4, 0.5) is 0 Å². The van der Waals surface area contributed by atoms with Crippen molar-refractivity contribution < 1.29 is 9.15 Å². The Balaban J connectivity index is 2.25. The molecule has 1 N–H and O–H groups in total. The lowest BCUT2D eigenvalue weighted by Gasteiger charge is -2.15. The van der Waals surface area contributed by atoms with Gasteiger partial charge in [-0.05, 0) is 25.6 Å². The summed E-state index contributed by atoms with van der Waals surface area (Å²) >= 11 is 0. The van der Waals surface area contributed by atoms with E-state index >= 15 is 0 Å². The summed E-state index contributed by atoms with van der Waals surface area (Å²) in [6.45, 7) is 3.63. The summed E-state index contributed by atoms with van der Waals surface area (Å²) in [6.07, 6.45) is 4.19. The summed E-state index contributed by atoms with van der Waals surface area (Å²) in [7, 11) is 1.94. The minimum Gasteiger partial charge on any atom is -0.467 e. The highest BCUT2D eigenvalue weighted by Gasteiger charge is 2.07. The Morgan fingerprint density at radius 2 is 2.43 bits per heavy atom. The fourth-order valence-electron chi connectivity index (χ4n) is 1.39. The van der Waals surface area contributed by atoms with E-state index in [-0.39, 0.29) is 6.10 Å². The summed E-state index contributed by atoms with van der Waals surface area (Å²) in [5.74, 6) is 0.891. The number of hydrogen-bond donors (Lipinski definition) is 1. The standard InChI is InChI=1S/C11H19NO2/c1-3-5-10(8-12-2)14-9-11-6-4-7-13-11/h4,6-7,10,12H,3,5,8-9H2,1-2H3. The maximum absolute atomic E-state index is 5.71. The summed E-state index contributed by atoms with van der Waals surface area (Å²) in [4.78, 5) is 0. The third-order valence-electron chi connectivity index (χ3n) is 2.08. The zero-order chi connectivity index (χ0) is 10.2. The van der Waals surface area contributed by atoms with Crippen molar-refractivity contribution in [1.82, 2.24) is 5.32 Å². The monoisotopic (exact) mass is 197 g/mol. The van der Waals surface area contributed by atoms with E-state index in [1.54, 1.807) is 6.26 Å². The van der Waals surface area contributed by atoms with Crippen LogP contribution in [0.25, 0.3) is 0 Å². The van der Waals surface area contributed by atoms with E-state index in [0.717, 1.165) is 25.1 Å². The number of rotatable bonds is 7. The Morgan fingerprint density at radius 1 is 1.57 bits per heavy atom. The lowest BCUT2D eigenvalue weighted by molar-refractivity contribution is 0.0268. The van der Waals surface area contributed by atoms with Gasteiger partial charge in [-0.2, -0.15) is 0 Å². The van der Waals surface area contributed by atoms with Gasteiger partial charge in [0.2, 0.25) is 0 Å². The number of likely N-dealkylation sites (N-methyl/N-ethyl adjacent to an activating group) is 1. The van der Waals surface area contributed by atoms with Crippen LogP contribution in [-0.4, -0.2) is 19.7 Å². The highest BCUT2D eigenvalue weighted by atomic mass is 16.5. The molecule has 0 aromatic carbocycles. The molecule has 0 saturated carbocycles. The minimum absolute atomic E-state index is 0.287. The third-order valence-corrected chi connectivity index (χ3v) is 2.08. The second-order valence-corrected chi connectivity index (χ2v) is 3.36. The lowest BCUT2D eigenvalue weighted by Crippen LogP contribution is -2.26. The van der Waals surface area contributed by atoms with Crippen molar-refractivity contribution in [2.75, 3.05) is 13.6 Å². The van der Waals surface area contributed by atoms with Crippen molar-refractivity contribution in [1.29, 1.82) is 0 Å². The van der Waals surface area contributed by atoms with Crippen LogP contribution in [0.15, 0.2) is 22.8 Å². The van der Waals surface area contributed by atoms with Crippen LogP contribution in [0, 0.1) is 0 Å². The molecule has 3 nitrogen and oxygen atoms in total. The van der Waals surface area contributed by atoms with E-state index in [4.69, 9.17) is 9.15 Å². The molecule has 1 unspecified atom stereocenters. The molecule has 0 aliphatic rings. The third kappa shape index (κ3) is 3.94. The van der Waals surface area contributed by atoms with E-state index in [2.05, 4.69) is 12.2 Å². The van der Waals surface area contributed by atoms with Crippen LogP contribution < -0.4 is 5.32 Å². The fraction of sp³-hybridized carbons (Fsp3) is 0.636. The van der Waals surface area contributed by atoms with Crippen molar-refractivity contribution in [2.24, 2.45) is 0 Å². The smallest absolute Gasteiger partial charge is 0.129 e. The van der Waals surface area contributed by atoms with E-state index in [1.807, 2.05) is 19.2 Å². The average molecular weight is 197 g/mol. The van der Waals surface area contributed by atoms with Gasteiger partial charge >= 0.3 is 0 Å². The molecule has 1 heterocycles. The number of ether oxygens (including phenoxy) is 1. The predicted octanol–water partition coefficient (Wildman–Crippen LogP) is 2.18. The molecule has 0 spiro atoms. The van der Waals surface area contributed by atoms with Crippen molar-refractivity contribution in [3.63, 3.8) is 0 Å². The molecule has 0 aliphatic heterocycles. The molecule has 1 rings (SSSR count). The van der Waals surface area contributed by atoms with Crippen molar-refractivity contribution in [3.8, 4) is 0 Å². The van der Waals surface area contributed by atoms with Gasteiger partial charge in [0.1, 0.15) is 12.4 Å². The molecule has 0 bridgehead atoms. The zero-order valence-electron chi connectivity index (χ0n) is 8.95. The molecule has 0 saturated heterocycles. The SMILES string of the molecule is CCCC(CNC)OCc1ccco1. The second kappa shape index (κ2) is 6.62. The van der Waals surface area contributed by atoms with E-state index in [9.17, 15) is 0 Å². The van der Waals surface area contributed by atoms with Crippen LogP contribution in [-0.2, 0) is 11.3 Å². The summed E-state index contributed by atoms with van der Waals surface area (Å²) in [5.41, 5.74) is 0. The van der Waals surface area contributed by atoms with Gasteiger partial charge in [0.15, 0.2) is 0 Å². The average Bonchev–Trinajstić information content (AvgIpc) is 2.67. The first-order valence-corrected chi connectivity index (χ1v) is 5.15. The summed E-state index contributed by atoms with van der Waals surface area (Å²) < 4.78 is 10.9. The first-order chi connectivity index (χ1) is 6.86. The molecule has 0 amide bonds. The lowest BCUT2D eigenvalue weighted by atomic mass is 10.2. The Bertz CT molecular complexity index is 215. The van der Waals surface area contributed by atoms with Crippen LogP contribution in [0.3, 0.4) is 0 Å². The van der Waals surface area contributed by atoms with Gasteiger partial charge in [-0.15, -0.1) is 0 Å². The van der Waals surface area contributed by atoms with Gasteiger partial charge in [-0.25, -0.2) is 0 Å². The maximum Gasteiger partial charge on any atom is 0.129 e. The second-order valence-electron chi connectivity index (χ2n) is 3.36. The van der Waals surface area contributed by atoms with Crippen LogP contribution in [0.5, 0.6) is 0 Å². The van der Waals surface area contributed by atoms with Gasteiger partial charge in [-0.1, -0.05) is 13.3 Å². The summed E-state index contributed by atoms with van der Waals surface area (Å²) in [5, 5.41) is 3.13. The van der Waals surface area contributed by atoms with Crippen LogP contribution >= 0.6 is 0 Å². The van der Waals surface area contributed by atoms with Gasteiger partial charge in [-0.3, -0.25) is 0 Å². The Labute approximate surface area is 85.4 Å². The van der Waals surface area contributed by atoms with Gasteiger partial charge < -0.3 is 14.5 Å². The molecule has 1 aromatic rings. The number of nitrogens with one attached hydrogen (secondary N) is 1. The first-order valence-electron chi connectivity index (χ1n) is 5.15. The molecule has 0 radical (unpaired) electrons. The Kier molecular flexibility index (Phi) is 5.33. The fourth-order valence-corrected chi connectivity index (χ4v) is 1.39. The van der Waals surface area contributed by atoms with Crippen molar-refractivity contribution >= 4 is 0 Å². The first kappa shape index (κ1) is 11.3. The molecule has 3 heteroatoms. The Hall–Kier alpha value is -0.800. The highest BCUT2D eigenvalue weighted by molar-refractivity contribution is 4.96. The van der Waals surface area contributed by atoms with Gasteiger partial charge in [0.25, 0.3) is 0 Å². The molecule has 1 atom stereocenters. The minimum atomic E-state index is 0.287. The maximum atomic E-state index is 5.71. The van der Waals surface area contributed by atoms with Gasteiger partial charge in [0, 0.05) is 6.54 Å². The number of hydrogen-bond acceptors (Lipinski definition) is 3. The summed E-state index contributed by atoms with van der Waals surface area (Å²) in [6, 6.07) is 3.81. The molecule has 80 valence electrons. The van der Waals surface area contributed by atoms with Crippen LogP contribution in [0.1, 0.15) is 25.5 Å².